The molecule has 1 N–H and O–H groups in total. The van der Waals surface area contributed by atoms with Crippen LogP contribution >= 0.6 is 0 Å². The zero-order chi connectivity index (χ0) is 18.2. The summed E-state index contributed by atoms with van der Waals surface area (Å²) in [6.07, 6.45) is -0.295. The van der Waals surface area contributed by atoms with E-state index in [9.17, 15) is 18.0 Å². The van der Waals surface area contributed by atoms with Crippen LogP contribution in [0.1, 0.15) is 27.2 Å². The molecule has 10 heteroatoms. The Morgan fingerprint density at radius 2 is 1.67 bits per heavy atom. The molecule has 0 aliphatic carbocycles. The van der Waals surface area contributed by atoms with Gasteiger partial charge in [-0.1, -0.05) is 0 Å². The van der Waals surface area contributed by atoms with Gasteiger partial charge in [0.2, 0.25) is 5.91 Å². The van der Waals surface area contributed by atoms with E-state index in [-0.39, 0.29) is 45.1 Å². The van der Waals surface area contributed by atoms with E-state index in [2.05, 4.69) is 4.72 Å². The van der Waals surface area contributed by atoms with Crippen LogP contribution in [0.4, 0.5) is 4.79 Å². The zero-order valence-electron chi connectivity index (χ0n) is 14.7. The van der Waals surface area contributed by atoms with Gasteiger partial charge in [0.1, 0.15) is 0 Å². The van der Waals surface area contributed by atoms with Crippen LogP contribution in [0.3, 0.4) is 0 Å². The SMILES string of the molecule is CCOC(=O)N1CCN(S(=O)(=O)NCCC(=O)N(CC)CC)CC1. The molecule has 9 nitrogen and oxygen atoms in total. The number of rotatable bonds is 8. The molecule has 0 aromatic heterocycles. The van der Waals surface area contributed by atoms with Crippen molar-refractivity contribution in [3.63, 3.8) is 0 Å². The second kappa shape index (κ2) is 9.80. The molecule has 1 heterocycles. The van der Waals surface area contributed by atoms with Crippen molar-refractivity contribution < 1.29 is 22.7 Å². The van der Waals surface area contributed by atoms with Gasteiger partial charge in [-0.15, -0.1) is 0 Å². The Hall–Kier alpha value is -1.39. The first-order valence-corrected chi connectivity index (χ1v) is 9.73. The third kappa shape index (κ3) is 5.91. The number of piperazine rings is 1. The van der Waals surface area contributed by atoms with E-state index in [1.54, 1.807) is 11.8 Å². The maximum atomic E-state index is 12.2. The highest BCUT2D eigenvalue weighted by Gasteiger charge is 2.29. The van der Waals surface area contributed by atoms with Crippen LogP contribution in [0.5, 0.6) is 0 Å². The molecule has 2 amide bonds. The number of nitrogens with one attached hydrogen (secondary N) is 1. The van der Waals surface area contributed by atoms with Gasteiger partial charge in [-0.25, -0.2) is 9.52 Å². The van der Waals surface area contributed by atoms with Gasteiger partial charge in [0.05, 0.1) is 6.61 Å². The van der Waals surface area contributed by atoms with Gasteiger partial charge in [0.15, 0.2) is 0 Å². The largest absolute Gasteiger partial charge is 0.450 e. The van der Waals surface area contributed by atoms with Crippen LogP contribution < -0.4 is 4.72 Å². The Morgan fingerprint density at radius 1 is 1.08 bits per heavy atom. The summed E-state index contributed by atoms with van der Waals surface area (Å²) in [6, 6.07) is 0. The van der Waals surface area contributed by atoms with Crippen LogP contribution in [0.15, 0.2) is 0 Å². The minimum absolute atomic E-state index is 0.0652. The summed E-state index contributed by atoms with van der Waals surface area (Å²) in [4.78, 5) is 26.6. The van der Waals surface area contributed by atoms with Crippen LogP contribution in [0.2, 0.25) is 0 Å². The first-order chi connectivity index (χ1) is 11.4. The molecular formula is C14H28N4O5S. The third-order valence-corrected chi connectivity index (χ3v) is 5.46. The number of amides is 2. The number of carbonyl (C=O) groups is 2. The van der Waals surface area contributed by atoms with Crippen molar-refractivity contribution in [2.24, 2.45) is 0 Å². The molecule has 1 saturated heterocycles. The molecule has 1 aliphatic heterocycles. The molecular weight excluding hydrogens is 336 g/mol. The van der Waals surface area contributed by atoms with E-state index in [0.29, 0.717) is 19.7 Å². The smallest absolute Gasteiger partial charge is 0.409 e. The summed E-state index contributed by atoms with van der Waals surface area (Å²) in [5.74, 6) is -0.0742. The molecule has 0 bridgehead atoms. The highest BCUT2D eigenvalue weighted by atomic mass is 32.2. The highest BCUT2D eigenvalue weighted by molar-refractivity contribution is 7.87. The van der Waals surface area contributed by atoms with Crippen molar-refractivity contribution in [3.8, 4) is 0 Å². The van der Waals surface area contributed by atoms with E-state index in [1.165, 1.54) is 9.21 Å². The summed E-state index contributed by atoms with van der Waals surface area (Å²) >= 11 is 0. The van der Waals surface area contributed by atoms with Crippen molar-refractivity contribution in [1.82, 2.24) is 18.8 Å². The summed E-state index contributed by atoms with van der Waals surface area (Å²) in [7, 11) is -3.65. The molecule has 0 atom stereocenters. The quantitative estimate of drug-likeness (QED) is 0.646. The predicted octanol–water partition coefficient (Wildman–Crippen LogP) is -0.147. The summed E-state index contributed by atoms with van der Waals surface area (Å²) in [5.41, 5.74) is 0. The standard InChI is InChI=1S/C14H28N4O5S/c1-4-16(5-2)13(19)7-8-15-24(21,22)18-11-9-17(10-12-18)14(20)23-6-3/h15H,4-12H2,1-3H3. The number of ether oxygens (including phenoxy) is 1. The van der Waals surface area contributed by atoms with Crippen molar-refractivity contribution in [3.05, 3.63) is 0 Å². The lowest BCUT2D eigenvalue weighted by molar-refractivity contribution is -0.130. The summed E-state index contributed by atoms with van der Waals surface area (Å²) < 4.78 is 33.1. The van der Waals surface area contributed by atoms with Crippen LogP contribution in [0.25, 0.3) is 0 Å². The first kappa shape index (κ1) is 20.7. The minimum Gasteiger partial charge on any atom is -0.450 e. The topological polar surface area (TPSA) is 99.3 Å². The predicted molar refractivity (Wildman–Crippen MR) is 89.6 cm³/mol. The van der Waals surface area contributed by atoms with Gasteiger partial charge in [-0.2, -0.15) is 12.7 Å². The lowest BCUT2D eigenvalue weighted by Crippen LogP contribution is -2.53. The van der Waals surface area contributed by atoms with Gasteiger partial charge >= 0.3 is 6.09 Å². The molecule has 24 heavy (non-hydrogen) atoms. The fourth-order valence-corrected chi connectivity index (χ4v) is 3.63. The van der Waals surface area contributed by atoms with Gasteiger partial charge in [0, 0.05) is 52.2 Å². The van der Waals surface area contributed by atoms with E-state index < -0.39 is 16.3 Å². The monoisotopic (exact) mass is 364 g/mol. The van der Waals surface area contributed by atoms with Crippen LogP contribution in [-0.2, 0) is 19.7 Å². The third-order valence-electron chi connectivity index (χ3n) is 3.84. The van der Waals surface area contributed by atoms with E-state index in [4.69, 9.17) is 4.74 Å². The fourth-order valence-electron chi connectivity index (χ4n) is 2.44. The lowest BCUT2D eigenvalue weighted by atomic mass is 10.3. The maximum absolute atomic E-state index is 12.2. The van der Waals surface area contributed by atoms with E-state index in [1.807, 2.05) is 13.8 Å². The zero-order valence-corrected chi connectivity index (χ0v) is 15.5. The number of carbonyl (C=O) groups excluding carboxylic acids is 2. The Kier molecular flexibility index (Phi) is 8.43. The molecule has 0 radical (unpaired) electrons. The molecule has 0 aromatic rings. The van der Waals surface area contributed by atoms with Crippen molar-refractivity contribution >= 4 is 22.2 Å². The Balaban J connectivity index is 2.42. The molecule has 0 unspecified atom stereocenters. The highest BCUT2D eigenvalue weighted by Crippen LogP contribution is 2.07. The van der Waals surface area contributed by atoms with Gasteiger partial charge in [0.25, 0.3) is 10.2 Å². The number of hydrogen-bond acceptors (Lipinski definition) is 5. The van der Waals surface area contributed by atoms with Crippen LogP contribution in [0, 0.1) is 0 Å². The first-order valence-electron chi connectivity index (χ1n) is 8.29. The summed E-state index contributed by atoms with van der Waals surface area (Å²) in [5, 5.41) is 0. The van der Waals surface area contributed by atoms with Crippen molar-refractivity contribution in [2.45, 2.75) is 27.2 Å². The van der Waals surface area contributed by atoms with Gasteiger partial charge in [-0.05, 0) is 20.8 Å². The maximum Gasteiger partial charge on any atom is 0.409 e. The molecule has 0 spiro atoms. The van der Waals surface area contributed by atoms with E-state index >= 15 is 0 Å². The van der Waals surface area contributed by atoms with Crippen LogP contribution in [-0.4, -0.2) is 86.9 Å². The average molecular weight is 364 g/mol. The molecule has 1 fully saturated rings. The minimum atomic E-state index is -3.65. The van der Waals surface area contributed by atoms with Gasteiger partial charge < -0.3 is 14.5 Å². The molecule has 140 valence electrons. The summed E-state index contributed by atoms with van der Waals surface area (Å²) in [6.45, 7) is 8.06. The molecule has 1 rings (SSSR count). The Morgan fingerprint density at radius 3 is 2.17 bits per heavy atom. The molecule has 1 aliphatic rings. The van der Waals surface area contributed by atoms with Gasteiger partial charge in [-0.3, -0.25) is 4.79 Å². The average Bonchev–Trinajstić information content (AvgIpc) is 2.56. The molecule has 0 aromatic carbocycles. The second-order valence-electron chi connectivity index (χ2n) is 5.30. The molecule has 0 saturated carbocycles. The lowest BCUT2D eigenvalue weighted by Gasteiger charge is -2.33. The normalized spacial score (nSPS) is 16.0. The fraction of sp³-hybridized carbons (Fsp3) is 0.857. The Labute approximate surface area is 144 Å². The Bertz CT molecular complexity index is 513. The number of hydrogen-bond donors (Lipinski definition) is 1. The number of nitrogens with zero attached hydrogens (tertiary/aromatic N) is 3. The van der Waals surface area contributed by atoms with Crippen molar-refractivity contribution in [2.75, 3.05) is 52.4 Å². The van der Waals surface area contributed by atoms with Crippen molar-refractivity contribution in [1.29, 1.82) is 0 Å². The second-order valence-corrected chi connectivity index (χ2v) is 7.06. The van der Waals surface area contributed by atoms with E-state index in [0.717, 1.165) is 0 Å².